The number of hydrogen-bond donors (Lipinski definition) is 2. The van der Waals surface area contributed by atoms with Gasteiger partial charge in [-0.15, -0.1) is 0 Å². The molecule has 1 atom stereocenters. The number of nitrogens with zero attached hydrogens (tertiary/aromatic N) is 3. The van der Waals surface area contributed by atoms with Crippen molar-refractivity contribution in [1.29, 1.82) is 0 Å². The summed E-state index contributed by atoms with van der Waals surface area (Å²) in [6, 6.07) is 4.94. The van der Waals surface area contributed by atoms with Gasteiger partial charge < -0.3 is 10.6 Å². The van der Waals surface area contributed by atoms with Crippen LogP contribution in [0.5, 0.6) is 0 Å². The highest BCUT2D eigenvalue weighted by Gasteiger charge is 2.34. The van der Waals surface area contributed by atoms with Gasteiger partial charge >= 0.3 is 0 Å². The molecular weight excluding hydrogens is 414 g/mol. The lowest BCUT2D eigenvalue weighted by molar-refractivity contribution is -0.126. The summed E-state index contributed by atoms with van der Waals surface area (Å²) in [6.07, 6.45) is 1.40. The van der Waals surface area contributed by atoms with Gasteiger partial charge in [0.25, 0.3) is 0 Å². The van der Waals surface area contributed by atoms with E-state index in [0.717, 1.165) is 11.7 Å². The molecule has 3 rings (SSSR count). The lowest BCUT2D eigenvalue weighted by Crippen LogP contribution is -2.46. The van der Waals surface area contributed by atoms with E-state index in [4.69, 9.17) is 0 Å². The van der Waals surface area contributed by atoms with Crippen LogP contribution in [0.25, 0.3) is 11.0 Å². The van der Waals surface area contributed by atoms with Crippen LogP contribution in [0.4, 0.5) is 0 Å². The molecule has 1 saturated heterocycles. The number of rotatable bonds is 7. The van der Waals surface area contributed by atoms with Crippen molar-refractivity contribution >= 4 is 44.6 Å². The normalized spacial score (nSPS) is 18.1. The van der Waals surface area contributed by atoms with E-state index in [1.807, 2.05) is 13.8 Å². The molecule has 0 bridgehead atoms. The van der Waals surface area contributed by atoms with Gasteiger partial charge in [0.15, 0.2) is 0 Å². The van der Waals surface area contributed by atoms with Crippen LogP contribution < -0.4 is 10.6 Å². The summed E-state index contributed by atoms with van der Waals surface area (Å²) in [4.78, 5) is 24.3. The van der Waals surface area contributed by atoms with E-state index >= 15 is 0 Å². The molecule has 9 nitrogen and oxygen atoms in total. The number of fused-ring (bicyclic) bond motifs is 1. The Bertz CT molecular complexity index is 989. The molecule has 0 radical (unpaired) electrons. The highest BCUT2D eigenvalue weighted by Crippen LogP contribution is 2.28. The summed E-state index contributed by atoms with van der Waals surface area (Å²) in [5.74, 6) is -0.798. The van der Waals surface area contributed by atoms with Crippen LogP contribution in [0.2, 0.25) is 0 Å². The highest BCUT2D eigenvalue weighted by atomic mass is 32.2. The fraction of sp³-hybridized carbons (Fsp3) is 0.556. The molecule has 1 unspecified atom stereocenters. The molecule has 0 saturated carbocycles. The third-order valence-corrected chi connectivity index (χ3v) is 7.16. The van der Waals surface area contributed by atoms with E-state index in [1.165, 1.54) is 10.4 Å². The van der Waals surface area contributed by atoms with Gasteiger partial charge in [0.2, 0.25) is 21.8 Å². The maximum atomic E-state index is 13.2. The largest absolute Gasteiger partial charge is 0.355 e. The first kappa shape index (κ1) is 21.6. The van der Waals surface area contributed by atoms with Crippen LogP contribution in [-0.4, -0.2) is 59.0 Å². The van der Waals surface area contributed by atoms with E-state index in [-0.39, 0.29) is 42.3 Å². The number of nitrogens with one attached hydrogen (secondary N) is 2. The third-order valence-electron chi connectivity index (χ3n) is 4.72. The van der Waals surface area contributed by atoms with Gasteiger partial charge in [-0.2, -0.15) is 13.1 Å². The molecular formula is C18H25N5O4S2. The Morgan fingerprint density at radius 3 is 2.86 bits per heavy atom. The Morgan fingerprint density at radius 2 is 2.10 bits per heavy atom. The van der Waals surface area contributed by atoms with E-state index < -0.39 is 15.9 Å². The number of amides is 2. The topological polar surface area (TPSA) is 121 Å². The Balaban J connectivity index is 1.63. The first-order valence-corrected chi connectivity index (χ1v) is 11.7. The predicted octanol–water partition coefficient (Wildman–Crippen LogP) is 1.12. The number of hydrogen-bond acceptors (Lipinski definition) is 7. The molecule has 158 valence electrons. The summed E-state index contributed by atoms with van der Waals surface area (Å²) in [5, 5.41) is 5.52. The highest BCUT2D eigenvalue weighted by molar-refractivity contribution is 7.89. The average molecular weight is 440 g/mol. The predicted molar refractivity (Wildman–Crippen MR) is 110 cm³/mol. The molecule has 0 aliphatic carbocycles. The number of aromatic nitrogens is 2. The van der Waals surface area contributed by atoms with Crippen LogP contribution in [-0.2, 0) is 19.6 Å². The summed E-state index contributed by atoms with van der Waals surface area (Å²) in [5.41, 5.74) is 0.905. The zero-order valence-corrected chi connectivity index (χ0v) is 18.1. The fourth-order valence-corrected chi connectivity index (χ4v) is 5.62. The van der Waals surface area contributed by atoms with Crippen LogP contribution in [0.3, 0.4) is 0 Å². The summed E-state index contributed by atoms with van der Waals surface area (Å²) >= 11 is 0.970. The number of sulfonamides is 1. The van der Waals surface area contributed by atoms with E-state index in [1.54, 1.807) is 12.1 Å². The smallest absolute Gasteiger partial charge is 0.245 e. The second-order valence-electron chi connectivity index (χ2n) is 7.35. The molecule has 1 aliphatic heterocycles. The maximum Gasteiger partial charge on any atom is 0.245 e. The van der Waals surface area contributed by atoms with Gasteiger partial charge in [-0.3, -0.25) is 9.59 Å². The molecule has 1 aliphatic rings. The molecule has 2 amide bonds. The van der Waals surface area contributed by atoms with Crippen LogP contribution in [0.15, 0.2) is 23.1 Å². The molecule has 0 spiro atoms. The van der Waals surface area contributed by atoms with Crippen molar-refractivity contribution in [1.82, 2.24) is 23.7 Å². The number of benzene rings is 1. The number of carbonyl (C=O) groups excluding carboxylic acids is 2. The van der Waals surface area contributed by atoms with Gasteiger partial charge in [-0.05, 0) is 38.8 Å². The van der Waals surface area contributed by atoms with Crippen molar-refractivity contribution in [3.63, 3.8) is 0 Å². The molecule has 11 heteroatoms. The zero-order valence-electron chi connectivity index (χ0n) is 16.4. The average Bonchev–Trinajstić information content (AvgIpc) is 3.16. The fourth-order valence-electron chi connectivity index (χ4n) is 3.34. The monoisotopic (exact) mass is 439 g/mol. The Hall–Kier alpha value is -2.11. The molecule has 2 N–H and O–H groups in total. The van der Waals surface area contributed by atoms with Crippen molar-refractivity contribution < 1.29 is 18.0 Å². The molecule has 1 aromatic heterocycles. The standard InChI is InChI=1S/C18H25N5O4S2/c1-12(2)20-16(24)8-9-19-18(25)13-5-4-10-23(11-13)29(26,27)15-7-3-6-14-17(15)22-28-21-14/h3,6-7,12-13H,4-5,8-11H2,1-2H3,(H,19,25)(H,20,24). The van der Waals surface area contributed by atoms with Crippen molar-refractivity contribution in [3.05, 3.63) is 18.2 Å². The lowest BCUT2D eigenvalue weighted by atomic mass is 9.99. The van der Waals surface area contributed by atoms with E-state index in [9.17, 15) is 18.0 Å². The lowest BCUT2D eigenvalue weighted by Gasteiger charge is -2.31. The van der Waals surface area contributed by atoms with Crippen LogP contribution in [0, 0.1) is 5.92 Å². The minimum Gasteiger partial charge on any atom is -0.355 e. The van der Waals surface area contributed by atoms with Gasteiger partial charge in [-0.1, -0.05) is 6.07 Å². The Labute approximate surface area is 174 Å². The summed E-state index contributed by atoms with van der Waals surface area (Å²) in [7, 11) is -3.78. The molecule has 2 heterocycles. The zero-order chi connectivity index (χ0) is 21.0. The Kier molecular flexibility index (Phi) is 6.81. The molecule has 1 aromatic carbocycles. The van der Waals surface area contributed by atoms with Crippen molar-refractivity contribution in [2.45, 2.75) is 44.0 Å². The first-order valence-electron chi connectivity index (χ1n) is 9.57. The van der Waals surface area contributed by atoms with Crippen molar-refractivity contribution in [2.24, 2.45) is 5.92 Å². The molecule has 2 aromatic rings. The van der Waals surface area contributed by atoms with Crippen molar-refractivity contribution in [2.75, 3.05) is 19.6 Å². The first-order chi connectivity index (χ1) is 13.8. The SMILES string of the molecule is CC(C)NC(=O)CCNC(=O)C1CCCN(S(=O)(=O)c2cccc3nsnc23)C1. The minimum absolute atomic E-state index is 0.0488. The quantitative estimate of drug-likeness (QED) is 0.667. The third kappa shape index (κ3) is 5.09. The van der Waals surface area contributed by atoms with Gasteiger partial charge in [0.1, 0.15) is 15.9 Å². The number of carbonyl (C=O) groups is 2. The minimum atomic E-state index is -3.78. The second-order valence-corrected chi connectivity index (χ2v) is 9.79. The maximum absolute atomic E-state index is 13.2. The van der Waals surface area contributed by atoms with Gasteiger partial charge in [0.05, 0.1) is 17.6 Å². The summed E-state index contributed by atoms with van der Waals surface area (Å²) in [6.45, 7) is 4.44. The van der Waals surface area contributed by atoms with Crippen LogP contribution in [0.1, 0.15) is 33.1 Å². The van der Waals surface area contributed by atoms with Gasteiger partial charge in [0, 0.05) is 32.1 Å². The van der Waals surface area contributed by atoms with E-state index in [2.05, 4.69) is 19.4 Å². The van der Waals surface area contributed by atoms with Crippen LogP contribution >= 0.6 is 11.7 Å². The van der Waals surface area contributed by atoms with Crippen molar-refractivity contribution in [3.8, 4) is 0 Å². The van der Waals surface area contributed by atoms with E-state index in [0.29, 0.717) is 30.4 Å². The Morgan fingerprint density at radius 1 is 1.31 bits per heavy atom. The molecule has 29 heavy (non-hydrogen) atoms. The second kappa shape index (κ2) is 9.14. The molecule has 1 fully saturated rings. The van der Waals surface area contributed by atoms with Gasteiger partial charge in [-0.25, -0.2) is 8.42 Å². The summed E-state index contributed by atoms with van der Waals surface area (Å²) < 4.78 is 35.9. The number of piperidine rings is 1.